The molecule has 0 rings (SSSR count). The molecule has 1 amide bonds. The van der Waals surface area contributed by atoms with Gasteiger partial charge < -0.3 is 10.4 Å². The average Bonchev–Trinajstić information content (AvgIpc) is 2.46. The minimum atomic E-state index is -0.895. The molecule has 0 atom stereocenters. The Hall–Kier alpha value is -1.68. The van der Waals surface area contributed by atoms with Gasteiger partial charge in [-0.15, -0.1) is 0 Å². The SMILES string of the molecule is CCC(=O)CC/C=C\CC/C=C/C=C/C(=O)NCC(C)(C)O. The molecule has 0 bridgehead atoms. The first-order chi connectivity index (χ1) is 10.3. The van der Waals surface area contributed by atoms with E-state index in [2.05, 4.69) is 11.4 Å². The Morgan fingerprint density at radius 2 is 1.68 bits per heavy atom. The fourth-order valence-corrected chi connectivity index (χ4v) is 1.53. The molecule has 0 aliphatic heterocycles. The first kappa shape index (κ1) is 20.3. The van der Waals surface area contributed by atoms with Crippen LogP contribution in [-0.2, 0) is 9.59 Å². The summed E-state index contributed by atoms with van der Waals surface area (Å²) in [5, 5.41) is 12.1. The molecule has 0 aliphatic carbocycles. The van der Waals surface area contributed by atoms with Crippen molar-refractivity contribution >= 4 is 11.7 Å². The Morgan fingerprint density at radius 3 is 2.32 bits per heavy atom. The van der Waals surface area contributed by atoms with Gasteiger partial charge in [-0.25, -0.2) is 0 Å². The van der Waals surface area contributed by atoms with Crippen LogP contribution in [0.4, 0.5) is 0 Å². The van der Waals surface area contributed by atoms with Gasteiger partial charge in [0.05, 0.1) is 5.60 Å². The number of allylic oxidation sites excluding steroid dienone is 5. The topological polar surface area (TPSA) is 66.4 Å². The van der Waals surface area contributed by atoms with Crippen LogP contribution < -0.4 is 5.32 Å². The normalized spacial score (nSPS) is 12.5. The van der Waals surface area contributed by atoms with E-state index in [1.54, 1.807) is 19.9 Å². The second-order valence-electron chi connectivity index (χ2n) is 5.80. The molecule has 0 aliphatic rings. The van der Waals surface area contributed by atoms with Gasteiger partial charge in [0.25, 0.3) is 0 Å². The van der Waals surface area contributed by atoms with Crippen LogP contribution in [0.1, 0.15) is 52.9 Å². The number of nitrogens with one attached hydrogen (secondary N) is 1. The largest absolute Gasteiger partial charge is 0.389 e. The zero-order valence-electron chi connectivity index (χ0n) is 14.0. The van der Waals surface area contributed by atoms with Crippen molar-refractivity contribution in [2.24, 2.45) is 0 Å². The van der Waals surface area contributed by atoms with E-state index in [9.17, 15) is 14.7 Å². The Morgan fingerprint density at radius 1 is 1.05 bits per heavy atom. The maximum atomic E-state index is 11.4. The first-order valence-corrected chi connectivity index (χ1v) is 7.85. The summed E-state index contributed by atoms with van der Waals surface area (Å²) in [4.78, 5) is 22.5. The summed E-state index contributed by atoms with van der Waals surface area (Å²) in [6, 6.07) is 0. The highest BCUT2D eigenvalue weighted by atomic mass is 16.3. The smallest absolute Gasteiger partial charge is 0.244 e. The zero-order valence-corrected chi connectivity index (χ0v) is 14.0. The van der Waals surface area contributed by atoms with Gasteiger partial charge in [-0.3, -0.25) is 9.59 Å². The van der Waals surface area contributed by atoms with Crippen LogP contribution >= 0.6 is 0 Å². The number of rotatable bonds is 11. The predicted octanol–water partition coefficient (Wildman–Crippen LogP) is 3.08. The third kappa shape index (κ3) is 14.7. The summed E-state index contributed by atoms with van der Waals surface area (Å²) in [7, 11) is 0. The van der Waals surface area contributed by atoms with Crippen LogP contribution in [0.3, 0.4) is 0 Å². The molecular formula is C18H29NO3. The highest BCUT2D eigenvalue weighted by Crippen LogP contribution is 1.99. The number of aliphatic hydroxyl groups is 1. The fourth-order valence-electron chi connectivity index (χ4n) is 1.53. The van der Waals surface area contributed by atoms with Crippen LogP contribution in [0.15, 0.2) is 36.5 Å². The molecule has 0 fully saturated rings. The van der Waals surface area contributed by atoms with Gasteiger partial charge in [0.15, 0.2) is 0 Å². The third-order valence-electron chi connectivity index (χ3n) is 2.84. The first-order valence-electron chi connectivity index (χ1n) is 7.85. The summed E-state index contributed by atoms with van der Waals surface area (Å²) in [5.74, 6) is 0.0878. The molecule has 124 valence electrons. The van der Waals surface area contributed by atoms with Gasteiger partial charge in [0.2, 0.25) is 5.91 Å². The molecule has 0 heterocycles. The molecule has 0 aromatic carbocycles. The molecule has 22 heavy (non-hydrogen) atoms. The standard InChI is InChI=1S/C18H29NO3/c1-4-16(20)13-11-9-7-5-6-8-10-12-14-17(21)19-15-18(2,3)22/h7-10,12,14,22H,4-6,11,13,15H2,1-3H3,(H,19,21)/b9-7-,10-8+,14-12+. The maximum absolute atomic E-state index is 11.4. The molecule has 4 heteroatoms. The molecule has 0 aromatic rings. The quantitative estimate of drug-likeness (QED) is 0.267. The van der Waals surface area contributed by atoms with E-state index >= 15 is 0 Å². The van der Waals surface area contributed by atoms with Gasteiger partial charge in [-0.2, -0.15) is 0 Å². The number of Topliss-reactive ketones (excluding diaryl/α,β-unsaturated/α-hetero) is 1. The number of carbonyl (C=O) groups is 2. The molecule has 0 radical (unpaired) electrons. The number of unbranched alkanes of at least 4 members (excludes halogenated alkanes) is 1. The van der Waals surface area contributed by atoms with Crippen LogP contribution in [0.25, 0.3) is 0 Å². The number of hydrogen-bond donors (Lipinski definition) is 2. The Bertz CT molecular complexity index is 415. The van der Waals surface area contributed by atoms with Crippen molar-refractivity contribution in [3.63, 3.8) is 0 Å². The molecule has 4 nitrogen and oxygen atoms in total. The van der Waals surface area contributed by atoms with E-state index in [0.29, 0.717) is 18.6 Å². The molecule has 0 aromatic heterocycles. The summed E-state index contributed by atoms with van der Waals surface area (Å²) in [6.45, 7) is 5.39. The lowest BCUT2D eigenvalue weighted by Crippen LogP contribution is -2.37. The second kappa shape index (κ2) is 11.9. The molecule has 0 unspecified atom stereocenters. The van der Waals surface area contributed by atoms with E-state index in [0.717, 1.165) is 19.3 Å². The van der Waals surface area contributed by atoms with E-state index < -0.39 is 5.60 Å². The van der Waals surface area contributed by atoms with Gasteiger partial charge in [-0.1, -0.05) is 37.3 Å². The third-order valence-corrected chi connectivity index (χ3v) is 2.84. The van der Waals surface area contributed by atoms with Crippen molar-refractivity contribution in [2.45, 2.75) is 58.5 Å². The maximum Gasteiger partial charge on any atom is 0.244 e. The van der Waals surface area contributed by atoms with Gasteiger partial charge in [0.1, 0.15) is 5.78 Å². The van der Waals surface area contributed by atoms with Gasteiger partial charge in [-0.05, 0) is 33.1 Å². The number of carbonyl (C=O) groups excluding carboxylic acids is 2. The van der Waals surface area contributed by atoms with E-state index in [1.165, 1.54) is 6.08 Å². The Balaban J connectivity index is 3.69. The number of ketones is 1. The van der Waals surface area contributed by atoms with Gasteiger partial charge in [0, 0.05) is 25.5 Å². The van der Waals surface area contributed by atoms with Crippen molar-refractivity contribution in [1.82, 2.24) is 5.32 Å². The van der Waals surface area contributed by atoms with Crippen molar-refractivity contribution in [3.05, 3.63) is 36.5 Å². The minimum Gasteiger partial charge on any atom is -0.389 e. The Labute approximate surface area is 134 Å². The van der Waals surface area contributed by atoms with E-state index in [4.69, 9.17) is 0 Å². The minimum absolute atomic E-state index is 0.215. The molecule has 0 saturated carbocycles. The summed E-state index contributed by atoms with van der Waals surface area (Å²) >= 11 is 0. The monoisotopic (exact) mass is 307 g/mol. The van der Waals surface area contributed by atoms with Crippen LogP contribution in [0.2, 0.25) is 0 Å². The fraction of sp³-hybridized carbons (Fsp3) is 0.556. The van der Waals surface area contributed by atoms with Crippen molar-refractivity contribution in [2.75, 3.05) is 6.54 Å². The van der Waals surface area contributed by atoms with E-state index in [-0.39, 0.29) is 12.5 Å². The second-order valence-corrected chi connectivity index (χ2v) is 5.80. The Kier molecular flexibility index (Phi) is 11.0. The summed E-state index contributed by atoms with van der Waals surface area (Å²) in [6.07, 6.45) is 14.9. The zero-order chi connectivity index (χ0) is 16.8. The lowest BCUT2D eigenvalue weighted by molar-refractivity contribution is -0.119. The molecule has 2 N–H and O–H groups in total. The predicted molar refractivity (Wildman–Crippen MR) is 90.5 cm³/mol. The summed E-state index contributed by atoms with van der Waals surface area (Å²) in [5.41, 5.74) is -0.895. The van der Waals surface area contributed by atoms with Gasteiger partial charge >= 0.3 is 0 Å². The van der Waals surface area contributed by atoms with Crippen molar-refractivity contribution in [3.8, 4) is 0 Å². The van der Waals surface area contributed by atoms with Crippen molar-refractivity contribution in [1.29, 1.82) is 0 Å². The highest BCUT2D eigenvalue weighted by molar-refractivity contribution is 5.87. The van der Waals surface area contributed by atoms with Crippen molar-refractivity contribution < 1.29 is 14.7 Å². The van der Waals surface area contributed by atoms with Crippen LogP contribution in [0, 0.1) is 0 Å². The molecule has 0 spiro atoms. The lowest BCUT2D eigenvalue weighted by atomic mass is 10.1. The highest BCUT2D eigenvalue weighted by Gasteiger charge is 2.12. The number of hydrogen-bond acceptors (Lipinski definition) is 3. The summed E-state index contributed by atoms with van der Waals surface area (Å²) < 4.78 is 0. The average molecular weight is 307 g/mol. The van der Waals surface area contributed by atoms with Crippen LogP contribution in [0.5, 0.6) is 0 Å². The lowest BCUT2D eigenvalue weighted by Gasteiger charge is -2.16. The molecular weight excluding hydrogens is 278 g/mol. The van der Waals surface area contributed by atoms with Crippen LogP contribution in [-0.4, -0.2) is 28.9 Å². The number of amides is 1. The molecule has 0 saturated heterocycles. The van der Waals surface area contributed by atoms with E-state index in [1.807, 2.05) is 25.2 Å².